The number of nitrogens with zero attached hydrogens (tertiary/aromatic N) is 3. The Hall–Kier alpha value is -2.15. The second-order valence-electron chi connectivity index (χ2n) is 8.47. The van der Waals surface area contributed by atoms with E-state index in [1.807, 2.05) is 15.9 Å². The lowest BCUT2D eigenvalue weighted by Gasteiger charge is -2.40. The van der Waals surface area contributed by atoms with Crippen molar-refractivity contribution in [1.82, 2.24) is 14.7 Å². The van der Waals surface area contributed by atoms with E-state index in [-0.39, 0.29) is 35.6 Å². The second kappa shape index (κ2) is 6.48. The average Bonchev–Trinajstić information content (AvgIpc) is 3.15. The molecule has 0 radical (unpaired) electrons. The van der Waals surface area contributed by atoms with Crippen LogP contribution in [-0.2, 0) is 4.79 Å². The molecule has 0 spiro atoms. The minimum absolute atomic E-state index is 0.0339. The molecule has 3 amide bonds. The molecule has 27 heavy (non-hydrogen) atoms. The highest BCUT2D eigenvalue weighted by molar-refractivity contribution is 5.87. The standard InChI is InChI=1S/C20H27FN4O2/c1-23(2)19(27)25-11-14-10-24(18(26)20(22)7-4-8-20)12-16(14)17(25)13-5-3-6-15(21)9-13/h3,5-6,9,14,16-17H,4,7-8,10-12,22H2,1-2H3/t14-,16-,17-/m1/s1. The molecule has 1 saturated carbocycles. The SMILES string of the molecule is CN(C)C(=O)N1C[C@H]2CN(C(=O)C3(N)CCC3)C[C@H]2[C@H]1c1cccc(F)c1. The summed E-state index contributed by atoms with van der Waals surface area (Å²) < 4.78 is 13.9. The van der Waals surface area contributed by atoms with E-state index in [1.54, 1.807) is 25.1 Å². The fourth-order valence-corrected chi connectivity index (χ4v) is 4.87. The van der Waals surface area contributed by atoms with Gasteiger partial charge >= 0.3 is 6.03 Å². The summed E-state index contributed by atoms with van der Waals surface area (Å²) in [5.41, 5.74) is 6.33. The molecule has 0 bridgehead atoms. The first-order valence-electron chi connectivity index (χ1n) is 9.62. The van der Waals surface area contributed by atoms with Crippen molar-refractivity contribution < 1.29 is 14.0 Å². The van der Waals surface area contributed by atoms with Crippen LogP contribution in [0.25, 0.3) is 0 Å². The van der Waals surface area contributed by atoms with E-state index in [2.05, 4.69) is 0 Å². The molecule has 4 rings (SSSR count). The smallest absolute Gasteiger partial charge is 0.320 e. The maximum Gasteiger partial charge on any atom is 0.320 e. The number of nitrogens with two attached hydrogens (primary N) is 1. The first-order chi connectivity index (χ1) is 12.8. The van der Waals surface area contributed by atoms with E-state index in [1.165, 1.54) is 12.1 Å². The third kappa shape index (κ3) is 2.98. The molecule has 0 aromatic heterocycles. The summed E-state index contributed by atoms with van der Waals surface area (Å²) in [6, 6.07) is 6.15. The molecule has 146 valence electrons. The number of likely N-dealkylation sites (tertiary alicyclic amines) is 2. The Kier molecular flexibility index (Phi) is 4.37. The van der Waals surface area contributed by atoms with Crippen molar-refractivity contribution in [2.24, 2.45) is 17.6 Å². The molecular formula is C20H27FN4O2. The van der Waals surface area contributed by atoms with Crippen LogP contribution < -0.4 is 5.73 Å². The summed E-state index contributed by atoms with van der Waals surface area (Å²) in [6.45, 7) is 1.76. The van der Waals surface area contributed by atoms with Crippen LogP contribution in [0, 0.1) is 17.7 Å². The van der Waals surface area contributed by atoms with Crippen molar-refractivity contribution in [3.63, 3.8) is 0 Å². The van der Waals surface area contributed by atoms with Gasteiger partial charge < -0.3 is 20.4 Å². The lowest BCUT2D eigenvalue weighted by atomic mass is 9.76. The van der Waals surface area contributed by atoms with Crippen LogP contribution in [0.1, 0.15) is 30.9 Å². The zero-order valence-corrected chi connectivity index (χ0v) is 15.9. The summed E-state index contributed by atoms with van der Waals surface area (Å²) in [5, 5.41) is 0. The number of hydrogen-bond donors (Lipinski definition) is 1. The van der Waals surface area contributed by atoms with Gasteiger partial charge in [-0.25, -0.2) is 9.18 Å². The molecular weight excluding hydrogens is 347 g/mol. The molecule has 2 aliphatic heterocycles. The molecule has 3 fully saturated rings. The molecule has 2 N–H and O–H groups in total. The van der Waals surface area contributed by atoms with Crippen molar-refractivity contribution >= 4 is 11.9 Å². The number of carbonyl (C=O) groups excluding carboxylic acids is 2. The molecule has 2 saturated heterocycles. The van der Waals surface area contributed by atoms with Crippen LogP contribution in [0.4, 0.5) is 9.18 Å². The molecule has 2 heterocycles. The van der Waals surface area contributed by atoms with Gasteiger partial charge in [-0.05, 0) is 37.0 Å². The molecule has 3 atom stereocenters. The highest BCUT2D eigenvalue weighted by Crippen LogP contribution is 2.46. The van der Waals surface area contributed by atoms with Crippen LogP contribution in [0.3, 0.4) is 0 Å². The normalized spacial score (nSPS) is 28.7. The Morgan fingerprint density at radius 1 is 1.22 bits per heavy atom. The van der Waals surface area contributed by atoms with Crippen molar-refractivity contribution in [1.29, 1.82) is 0 Å². The van der Waals surface area contributed by atoms with Gasteiger partial charge in [-0.15, -0.1) is 0 Å². The molecule has 1 aromatic rings. The fourth-order valence-electron chi connectivity index (χ4n) is 4.87. The van der Waals surface area contributed by atoms with Crippen LogP contribution in [0.15, 0.2) is 24.3 Å². The van der Waals surface area contributed by atoms with Gasteiger partial charge in [-0.2, -0.15) is 0 Å². The lowest BCUT2D eigenvalue weighted by molar-refractivity contribution is -0.139. The van der Waals surface area contributed by atoms with Crippen LogP contribution in [0.2, 0.25) is 0 Å². The van der Waals surface area contributed by atoms with E-state index in [0.29, 0.717) is 19.6 Å². The number of amides is 3. The molecule has 3 aliphatic rings. The predicted molar refractivity (Wildman–Crippen MR) is 99.3 cm³/mol. The van der Waals surface area contributed by atoms with Crippen molar-refractivity contribution in [2.75, 3.05) is 33.7 Å². The Labute approximate surface area is 159 Å². The number of rotatable bonds is 2. The van der Waals surface area contributed by atoms with Crippen LogP contribution >= 0.6 is 0 Å². The van der Waals surface area contributed by atoms with Crippen molar-refractivity contribution in [3.8, 4) is 0 Å². The van der Waals surface area contributed by atoms with Gasteiger partial charge in [0.15, 0.2) is 0 Å². The first-order valence-corrected chi connectivity index (χ1v) is 9.62. The third-order valence-electron chi connectivity index (χ3n) is 6.44. The van der Waals surface area contributed by atoms with Gasteiger partial charge in [0, 0.05) is 45.6 Å². The quantitative estimate of drug-likeness (QED) is 0.858. The minimum Gasteiger partial charge on any atom is -0.340 e. The number of hydrogen-bond acceptors (Lipinski definition) is 3. The summed E-state index contributed by atoms with van der Waals surface area (Å²) >= 11 is 0. The van der Waals surface area contributed by atoms with Gasteiger partial charge in [-0.1, -0.05) is 12.1 Å². The van der Waals surface area contributed by atoms with E-state index in [0.717, 1.165) is 24.8 Å². The van der Waals surface area contributed by atoms with E-state index in [9.17, 15) is 14.0 Å². The third-order valence-corrected chi connectivity index (χ3v) is 6.44. The minimum atomic E-state index is -0.702. The maximum atomic E-state index is 13.9. The molecule has 0 unspecified atom stereocenters. The van der Waals surface area contributed by atoms with Gasteiger partial charge in [0.05, 0.1) is 11.6 Å². The highest BCUT2D eigenvalue weighted by atomic mass is 19.1. The number of benzene rings is 1. The summed E-state index contributed by atoms with van der Waals surface area (Å²) in [6.07, 6.45) is 2.49. The van der Waals surface area contributed by atoms with E-state index in [4.69, 9.17) is 5.73 Å². The number of urea groups is 1. The predicted octanol–water partition coefficient (Wildman–Crippen LogP) is 1.82. The number of halogens is 1. The number of fused-ring (bicyclic) bond motifs is 1. The van der Waals surface area contributed by atoms with Crippen molar-refractivity contribution in [2.45, 2.75) is 30.8 Å². The maximum absolute atomic E-state index is 13.9. The summed E-state index contributed by atoms with van der Waals surface area (Å²) in [7, 11) is 3.45. The summed E-state index contributed by atoms with van der Waals surface area (Å²) in [4.78, 5) is 30.8. The van der Waals surface area contributed by atoms with E-state index >= 15 is 0 Å². The molecule has 7 heteroatoms. The molecule has 1 aliphatic carbocycles. The largest absolute Gasteiger partial charge is 0.340 e. The Bertz CT molecular complexity index is 764. The highest BCUT2D eigenvalue weighted by Gasteiger charge is 2.53. The van der Waals surface area contributed by atoms with Gasteiger partial charge in [0.2, 0.25) is 5.91 Å². The average molecular weight is 374 g/mol. The van der Waals surface area contributed by atoms with Crippen LogP contribution in [-0.4, -0.2) is 65.9 Å². The fraction of sp³-hybridized carbons (Fsp3) is 0.600. The van der Waals surface area contributed by atoms with Gasteiger partial charge in [0.25, 0.3) is 0 Å². The Morgan fingerprint density at radius 2 is 1.96 bits per heavy atom. The monoisotopic (exact) mass is 374 g/mol. The molecule has 6 nitrogen and oxygen atoms in total. The Balaban J connectivity index is 1.61. The zero-order chi connectivity index (χ0) is 19.3. The topological polar surface area (TPSA) is 69.9 Å². The second-order valence-corrected chi connectivity index (χ2v) is 8.47. The zero-order valence-electron chi connectivity index (χ0n) is 15.9. The van der Waals surface area contributed by atoms with Crippen molar-refractivity contribution in [3.05, 3.63) is 35.6 Å². The van der Waals surface area contributed by atoms with Gasteiger partial charge in [0.1, 0.15) is 5.82 Å². The first kappa shape index (κ1) is 18.2. The van der Waals surface area contributed by atoms with E-state index < -0.39 is 5.54 Å². The van der Waals surface area contributed by atoms with Gasteiger partial charge in [-0.3, -0.25) is 4.79 Å². The number of carbonyl (C=O) groups is 2. The Morgan fingerprint density at radius 3 is 2.56 bits per heavy atom. The lowest BCUT2D eigenvalue weighted by Crippen LogP contribution is -2.59. The van der Waals surface area contributed by atoms with Crippen LogP contribution in [0.5, 0.6) is 0 Å². The molecule has 1 aromatic carbocycles. The summed E-state index contributed by atoms with van der Waals surface area (Å²) in [5.74, 6) is 0.0132.